The molecule has 2 heterocycles. The van der Waals surface area contributed by atoms with Gasteiger partial charge in [-0.25, -0.2) is 4.79 Å². The summed E-state index contributed by atoms with van der Waals surface area (Å²) < 4.78 is -1.52. The highest BCUT2D eigenvalue weighted by Crippen LogP contribution is 2.39. The van der Waals surface area contributed by atoms with Gasteiger partial charge in [0.15, 0.2) is 5.96 Å². The number of phenols is 1. The predicted molar refractivity (Wildman–Crippen MR) is 299 cm³/mol. The molecule has 19 N–H and O–H groups in total. The highest BCUT2D eigenvalue weighted by molar-refractivity contribution is 8.77. The van der Waals surface area contributed by atoms with Gasteiger partial charge in [-0.05, 0) is 75.4 Å². The fourth-order valence-electron chi connectivity index (χ4n) is 8.47. The van der Waals surface area contributed by atoms with E-state index in [2.05, 4.69) is 52.5 Å². The Kier molecular flexibility index (Phi) is 22.9. The molecule has 26 nitrogen and oxygen atoms in total. The lowest BCUT2D eigenvalue weighted by atomic mass is 9.99. The van der Waals surface area contributed by atoms with Crippen LogP contribution in [0.5, 0.6) is 5.75 Å². The summed E-state index contributed by atoms with van der Waals surface area (Å²) in [5, 5.41) is 62.4. The number of carboxylic acid groups (broad SMARTS) is 1. The van der Waals surface area contributed by atoms with Gasteiger partial charge < -0.3 is 85.1 Å². The first kappa shape index (κ1) is 62.8. The van der Waals surface area contributed by atoms with Crippen LogP contribution in [0.1, 0.15) is 57.2 Å². The molecule has 0 bridgehead atoms. The number of carbonyl (C=O) groups is 9. The van der Waals surface area contributed by atoms with Gasteiger partial charge in [-0.2, -0.15) is 0 Å². The number of guanidine groups is 1. The van der Waals surface area contributed by atoms with Gasteiger partial charge in [-0.15, -0.1) is 0 Å². The number of carbonyl (C=O) groups excluding carboxylic acids is 8. The highest BCUT2D eigenvalue weighted by Gasteiger charge is 2.43. The summed E-state index contributed by atoms with van der Waals surface area (Å²) in [5.74, 6) is -8.89. The number of amides is 9. The SMILES string of the molecule is C[C@@H](O)[C@H](NC(=O)[C@@H]1NC(=O)[C@@H]([C@@H](C)O)NC(=O)[C@H](CCCN=C(N)N)NC(=O)[C@@H](Cc2c[nH]c3ccccc23)NC(=O)[C@H](Cc2ccc(O)cc2)NC(=O)[C@@H](NC(=O)[C@H](Cc2ccccc2)NC(=O)O)CSSC1(C)C)C(N)=O. The number of aliphatic hydroxyl groups excluding tert-OH is 2. The highest BCUT2D eigenvalue weighted by atomic mass is 33.1. The van der Waals surface area contributed by atoms with Crippen LogP contribution in [0.25, 0.3) is 10.9 Å². The summed E-state index contributed by atoms with van der Waals surface area (Å²) in [5.41, 5.74) is 18.8. The number of nitrogens with two attached hydrogens (primary N) is 3. The van der Waals surface area contributed by atoms with Gasteiger partial charge in [0.2, 0.25) is 47.3 Å². The Hall–Kier alpha value is -8.08. The van der Waals surface area contributed by atoms with E-state index < -0.39 is 119 Å². The van der Waals surface area contributed by atoms with Crippen molar-refractivity contribution in [3.8, 4) is 5.75 Å². The van der Waals surface area contributed by atoms with Crippen LogP contribution in [0.2, 0.25) is 0 Å². The zero-order chi connectivity index (χ0) is 58.8. The number of nitrogens with one attached hydrogen (secondary N) is 9. The molecular weight excluding hydrogens is 1080 g/mol. The lowest BCUT2D eigenvalue weighted by molar-refractivity contribution is -0.137. The smallest absolute Gasteiger partial charge is 0.405 e. The van der Waals surface area contributed by atoms with E-state index in [4.69, 9.17) is 17.2 Å². The molecule has 9 amide bonds. The van der Waals surface area contributed by atoms with Crippen LogP contribution in [0.4, 0.5) is 4.79 Å². The zero-order valence-electron chi connectivity index (χ0n) is 44.3. The second-order valence-corrected chi connectivity index (χ2v) is 22.6. The van der Waals surface area contributed by atoms with E-state index in [-0.39, 0.29) is 56.1 Å². The third kappa shape index (κ3) is 18.5. The van der Waals surface area contributed by atoms with Crippen LogP contribution in [-0.4, -0.2) is 162 Å². The molecule has 0 unspecified atom stereocenters. The molecule has 1 fully saturated rings. The average Bonchev–Trinajstić information content (AvgIpc) is 3.81. The van der Waals surface area contributed by atoms with Crippen LogP contribution >= 0.6 is 21.6 Å². The minimum atomic E-state index is -1.84. The molecule has 0 radical (unpaired) electrons. The number of aromatic hydroxyl groups is 1. The molecule has 4 aromatic rings. The van der Waals surface area contributed by atoms with Crippen LogP contribution < -0.4 is 59.7 Å². The van der Waals surface area contributed by atoms with Crippen molar-refractivity contribution in [3.63, 3.8) is 0 Å². The Balaban J connectivity index is 1.66. The summed E-state index contributed by atoms with van der Waals surface area (Å²) in [6.07, 6.45) is -3.89. The van der Waals surface area contributed by atoms with E-state index in [1.54, 1.807) is 60.8 Å². The van der Waals surface area contributed by atoms with E-state index in [0.29, 0.717) is 27.6 Å². The Morgan fingerprint density at radius 2 is 1.36 bits per heavy atom. The van der Waals surface area contributed by atoms with Crippen LogP contribution in [-0.2, 0) is 57.6 Å². The number of aromatic amines is 1. The number of primary amides is 1. The molecule has 0 aliphatic carbocycles. The second kappa shape index (κ2) is 29.2. The molecule has 1 aromatic heterocycles. The summed E-state index contributed by atoms with van der Waals surface area (Å²) in [7, 11) is 1.77. The number of rotatable bonds is 18. The van der Waals surface area contributed by atoms with Crippen molar-refractivity contribution < 1.29 is 63.6 Å². The first-order valence-corrected chi connectivity index (χ1v) is 27.7. The average molecular weight is 1150 g/mol. The molecule has 80 heavy (non-hydrogen) atoms. The van der Waals surface area contributed by atoms with Gasteiger partial charge >= 0.3 is 6.09 Å². The van der Waals surface area contributed by atoms with Gasteiger partial charge in [0.05, 0.1) is 12.2 Å². The maximum atomic E-state index is 14.9. The molecule has 1 aliphatic heterocycles. The molecule has 5 rings (SSSR count). The van der Waals surface area contributed by atoms with E-state index >= 15 is 0 Å². The van der Waals surface area contributed by atoms with Gasteiger partial charge in [0.1, 0.15) is 54.1 Å². The first-order valence-electron chi connectivity index (χ1n) is 25.3. The molecule has 432 valence electrons. The zero-order valence-corrected chi connectivity index (χ0v) is 45.9. The predicted octanol–water partition coefficient (Wildman–Crippen LogP) is -1.59. The number of aliphatic hydroxyl groups is 2. The van der Waals surface area contributed by atoms with Crippen molar-refractivity contribution in [1.82, 2.24) is 47.5 Å². The number of phenolic OH excluding ortho intramolecular Hbond substituents is 1. The number of H-pyrrole nitrogens is 1. The van der Waals surface area contributed by atoms with Crippen molar-refractivity contribution in [2.24, 2.45) is 22.2 Å². The molecule has 3 aromatic carbocycles. The van der Waals surface area contributed by atoms with E-state index in [1.807, 2.05) is 0 Å². The number of nitrogens with zero attached hydrogens (tertiary/aromatic N) is 1. The number of hydrogen-bond acceptors (Lipinski definition) is 15. The van der Waals surface area contributed by atoms with E-state index in [0.717, 1.165) is 21.6 Å². The molecular formula is C52H69N13O13S2. The Bertz CT molecular complexity index is 2870. The minimum Gasteiger partial charge on any atom is -0.508 e. The van der Waals surface area contributed by atoms with Gasteiger partial charge in [0, 0.05) is 53.4 Å². The van der Waals surface area contributed by atoms with Gasteiger partial charge in [0.25, 0.3) is 0 Å². The normalized spacial score (nSPS) is 22.0. The van der Waals surface area contributed by atoms with Crippen LogP contribution in [0.15, 0.2) is 90.1 Å². The lowest BCUT2D eigenvalue weighted by Gasteiger charge is -2.36. The Labute approximate surface area is 468 Å². The summed E-state index contributed by atoms with van der Waals surface area (Å²) in [4.78, 5) is 134. The Morgan fingerprint density at radius 3 is 1.99 bits per heavy atom. The molecule has 28 heteroatoms. The number of aromatic nitrogens is 1. The van der Waals surface area contributed by atoms with E-state index in [9.17, 15) is 63.6 Å². The van der Waals surface area contributed by atoms with Crippen molar-refractivity contribution in [3.05, 3.63) is 102 Å². The van der Waals surface area contributed by atoms with Crippen molar-refractivity contribution in [1.29, 1.82) is 0 Å². The van der Waals surface area contributed by atoms with Crippen LogP contribution in [0, 0.1) is 0 Å². The van der Waals surface area contributed by atoms with Crippen molar-refractivity contribution in [2.45, 2.75) is 125 Å². The second-order valence-electron chi connectivity index (χ2n) is 19.6. The number of para-hydroxylation sites is 1. The lowest BCUT2D eigenvalue weighted by Crippen LogP contribution is -2.65. The van der Waals surface area contributed by atoms with Crippen molar-refractivity contribution >= 4 is 91.8 Å². The first-order chi connectivity index (χ1) is 37.8. The van der Waals surface area contributed by atoms with Gasteiger partial charge in [-0.1, -0.05) is 82.3 Å². The summed E-state index contributed by atoms with van der Waals surface area (Å²) in [6.45, 7) is 5.29. The number of fused-ring (bicyclic) bond motifs is 1. The monoisotopic (exact) mass is 1150 g/mol. The number of hydrogen-bond donors (Lipinski definition) is 16. The summed E-state index contributed by atoms with van der Waals surface area (Å²) in [6, 6.07) is 8.29. The fourth-order valence-corrected chi connectivity index (χ4v) is 11.3. The minimum absolute atomic E-state index is 0.0258. The standard InChI is InChI=1S/C52H69N13O13S2/c1-26(66)39(42(53)69)63-49(76)41-52(3,4)80-79-25-38(61-45(72)36(62-51(77)78)21-28-11-6-5-7-12-28)47(74)59-35(22-29-16-18-31(68)19-17-29)44(71)60-37(23-30-24-57-33-14-9-8-13-32(30)33)46(73)58-34(15-10-20-56-50(54)55)43(70)64-40(27(2)67)48(75)65-41/h5-9,11-14,16-19,24,26-27,34-41,57,62,66-68H,10,15,20-23,25H2,1-4H3,(H2,53,69)(H,58,73)(H,59,74)(H,60,71)(H,61,72)(H,63,76)(H,64,70)(H,65,75)(H,77,78)(H4,54,55,56)/t26-,27-,34+,35+,36+,37-,38+,39+,40-,41+/m1/s1. The Morgan fingerprint density at radius 1 is 0.750 bits per heavy atom. The third-order valence-electron chi connectivity index (χ3n) is 12.8. The molecule has 0 saturated carbocycles. The quantitative estimate of drug-likeness (QED) is 0.0231. The maximum absolute atomic E-state index is 14.9. The number of aliphatic imine (C=N–C) groups is 1. The van der Waals surface area contributed by atoms with Crippen LogP contribution in [0.3, 0.4) is 0 Å². The maximum Gasteiger partial charge on any atom is 0.405 e. The summed E-state index contributed by atoms with van der Waals surface area (Å²) >= 11 is 0. The fraction of sp³-hybridized carbons (Fsp3) is 0.423. The molecule has 10 atom stereocenters. The van der Waals surface area contributed by atoms with Gasteiger partial charge in [-0.3, -0.25) is 43.3 Å². The third-order valence-corrected chi connectivity index (χ3v) is 16.1. The number of benzene rings is 3. The topological polar surface area (TPSA) is 437 Å². The molecule has 1 saturated heterocycles. The molecule has 0 spiro atoms. The van der Waals surface area contributed by atoms with E-state index in [1.165, 1.54) is 52.0 Å². The largest absolute Gasteiger partial charge is 0.508 e. The molecule has 1 aliphatic rings. The van der Waals surface area contributed by atoms with Crippen molar-refractivity contribution in [2.75, 3.05) is 12.3 Å².